The van der Waals surface area contributed by atoms with Gasteiger partial charge in [-0.25, -0.2) is 4.39 Å². The number of carbonyl (C=O) groups is 1. The largest absolute Gasteiger partial charge is 0.339 e. The minimum Gasteiger partial charge on any atom is -0.339 e. The molecule has 110 valence electrons. The topological polar surface area (TPSA) is 20.3 Å². The third-order valence-electron chi connectivity index (χ3n) is 2.90. The number of rotatable bonds is 5. The second-order valence-electron chi connectivity index (χ2n) is 4.08. The first kappa shape index (κ1) is 22.3. The van der Waals surface area contributed by atoms with Crippen molar-refractivity contribution < 1.29 is 9.18 Å². The molecule has 0 aromatic carbocycles. The van der Waals surface area contributed by atoms with Crippen molar-refractivity contribution in [2.24, 2.45) is 5.41 Å². The molecular formula is C15H32FNO. The summed E-state index contributed by atoms with van der Waals surface area (Å²) in [5, 5.41) is 0. The highest BCUT2D eigenvalue weighted by molar-refractivity contribution is 5.90. The summed E-state index contributed by atoms with van der Waals surface area (Å²) in [5.74, 6) is -1.50. The van der Waals surface area contributed by atoms with Gasteiger partial charge in [0.2, 0.25) is 0 Å². The Balaban J connectivity index is -0.000000506. The number of hydrogen-bond donors (Lipinski definition) is 0. The molecule has 0 atom stereocenters. The van der Waals surface area contributed by atoms with E-state index < -0.39 is 11.7 Å². The highest BCUT2D eigenvalue weighted by atomic mass is 19.1. The Labute approximate surface area is 113 Å². The predicted molar refractivity (Wildman–Crippen MR) is 79.3 cm³/mol. The van der Waals surface area contributed by atoms with Crippen molar-refractivity contribution in [3.05, 3.63) is 12.4 Å². The van der Waals surface area contributed by atoms with Crippen LogP contribution in [0.4, 0.5) is 4.39 Å². The van der Waals surface area contributed by atoms with E-state index in [0.717, 1.165) is 12.8 Å². The quantitative estimate of drug-likeness (QED) is 0.650. The SMILES string of the molecule is C=C(F)C(=O)N(C)CC(C)(CC)CC.CC.CC. The third-order valence-corrected chi connectivity index (χ3v) is 2.90. The van der Waals surface area contributed by atoms with E-state index in [1.54, 1.807) is 7.05 Å². The summed E-state index contributed by atoms with van der Waals surface area (Å²) >= 11 is 0. The molecular weight excluding hydrogens is 229 g/mol. The lowest BCUT2D eigenvalue weighted by atomic mass is 9.84. The van der Waals surface area contributed by atoms with Crippen LogP contribution in [0.3, 0.4) is 0 Å². The Kier molecular flexibility index (Phi) is 15.6. The molecule has 0 rings (SSSR count). The fraction of sp³-hybridized carbons (Fsp3) is 0.800. The van der Waals surface area contributed by atoms with Crippen molar-refractivity contribution in [1.29, 1.82) is 0 Å². The summed E-state index contributed by atoms with van der Waals surface area (Å²) in [4.78, 5) is 12.6. The lowest BCUT2D eigenvalue weighted by molar-refractivity contribution is -0.128. The molecule has 0 saturated carbocycles. The van der Waals surface area contributed by atoms with Crippen LogP contribution in [0.15, 0.2) is 12.4 Å². The Hall–Kier alpha value is -0.860. The maximum Gasteiger partial charge on any atom is 0.281 e. The van der Waals surface area contributed by atoms with E-state index in [4.69, 9.17) is 0 Å². The fourth-order valence-corrected chi connectivity index (χ4v) is 1.33. The van der Waals surface area contributed by atoms with Crippen LogP contribution in [-0.2, 0) is 4.79 Å². The van der Waals surface area contributed by atoms with Gasteiger partial charge in [0, 0.05) is 13.6 Å². The van der Waals surface area contributed by atoms with Crippen molar-refractivity contribution in [3.8, 4) is 0 Å². The van der Waals surface area contributed by atoms with Crippen molar-refractivity contribution >= 4 is 5.91 Å². The Morgan fingerprint density at radius 3 is 1.72 bits per heavy atom. The highest BCUT2D eigenvalue weighted by Gasteiger charge is 2.24. The van der Waals surface area contributed by atoms with E-state index in [1.165, 1.54) is 4.90 Å². The summed E-state index contributed by atoms with van der Waals surface area (Å²) in [6.45, 7) is 17.8. The first-order chi connectivity index (χ1) is 8.36. The monoisotopic (exact) mass is 261 g/mol. The number of hydrogen-bond acceptors (Lipinski definition) is 1. The molecule has 0 aliphatic carbocycles. The molecule has 0 bridgehead atoms. The number of nitrogens with zero attached hydrogens (tertiary/aromatic N) is 1. The van der Waals surface area contributed by atoms with Crippen LogP contribution in [0.5, 0.6) is 0 Å². The van der Waals surface area contributed by atoms with Crippen molar-refractivity contribution in [2.75, 3.05) is 13.6 Å². The molecule has 0 aliphatic heterocycles. The van der Waals surface area contributed by atoms with Crippen molar-refractivity contribution in [3.63, 3.8) is 0 Å². The van der Waals surface area contributed by atoms with E-state index in [-0.39, 0.29) is 5.41 Å². The van der Waals surface area contributed by atoms with Crippen molar-refractivity contribution in [1.82, 2.24) is 4.90 Å². The van der Waals surface area contributed by atoms with E-state index in [1.807, 2.05) is 27.7 Å². The van der Waals surface area contributed by atoms with Gasteiger partial charge in [-0.15, -0.1) is 0 Å². The maximum atomic E-state index is 12.5. The second-order valence-corrected chi connectivity index (χ2v) is 4.08. The Morgan fingerprint density at radius 2 is 1.50 bits per heavy atom. The number of likely N-dealkylation sites (N-methyl/N-ethyl adjacent to an activating group) is 1. The van der Waals surface area contributed by atoms with Gasteiger partial charge in [0.05, 0.1) is 0 Å². The van der Waals surface area contributed by atoms with E-state index >= 15 is 0 Å². The standard InChI is InChI=1S/C11H20FNO.2C2H6/c1-6-11(4,7-2)8-13(5)10(14)9(3)12;2*1-2/h3,6-8H2,1-2,4-5H3;2*1-2H3. The van der Waals surface area contributed by atoms with Crippen LogP contribution in [0, 0.1) is 5.41 Å². The van der Waals surface area contributed by atoms with Gasteiger partial charge < -0.3 is 4.90 Å². The lowest BCUT2D eigenvalue weighted by Gasteiger charge is -2.31. The summed E-state index contributed by atoms with van der Waals surface area (Å²) in [5.41, 5.74) is 0.0693. The zero-order chi connectivity index (χ0) is 15.4. The van der Waals surface area contributed by atoms with Gasteiger partial charge in [0.25, 0.3) is 5.91 Å². The summed E-state index contributed by atoms with van der Waals surface area (Å²) < 4.78 is 12.5. The second kappa shape index (κ2) is 12.6. The van der Waals surface area contributed by atoms with Gasteiger partial charge in [0.1, 0.15) is 0 Å². The van der Waals surface area contributed by atoms with E-state index in [0.29, 0.717) is 6.54 Å². The first-order valence-corrected chi connectivity index (χ1v) is 6.96. The molecule has 0 aromatic heterocycles. The molecule has 0 unspecified atom stereocenters. The van der Waals surface area contributed by atoms with Gasteiger partial charge in [-0.2, -0.15) is 0 Å². The average Bonchev–Trinajstić information content (AvgIpc) is 2.41. The van der Waals surface area contributed by atoms with Gasteiger partial charge in [-0.3, -0.25) is 4.79 Å². The maximum absolute atomic E-state index is 12.5. The van der Waals surface area contributed by atoms with Crippen LogP contribution in [-0.4, -0.2) is 24.4 Å². The Morgan fingerprint density at radius 1 is 1.17 bits per heavy atom. The number of amides is 1. The van der Waals surface area contributed by atoms with Crippen LogP contribution >= 0.6 is 0 Å². The molecule has 0 fully saturated rings. The average molecular weight is 261 g/mol. The molecule has 18 heavy (non-hydrogen) atoms. The fourth-order valence-electron chi connectivity index (χ4n) is 1.33. The zero-order valence-corrected chi connectivity index (χ0v) is 13.6. The molecule has 1 amide bonds. The molecule has 0 spiro atoms. The van der Waals surface area contributed by atoms with Gasteiger partial charge in [-0.05, 0) is 18.3 Å². The minimum absolute atomic E-state index is 0.0693. The molecule has 0 saturated heterocycles. The summed E-state index contributed by atoms with van der Waals surface area (Å²) in [6.07, 6.45) is 1.94. The molecule has 0 heterocycles. The van der Waals surface area contributed by atoms with Crippen molar-refractivity contribution in [2.45, 2.75) is 61.3 Å². The third kappa shape index (κ3) is 9.20. The van der Waals surface area contributed by atoms with Gasteiger partial charge in [-0.1, -0.05) is 55.0 Å². The van der Waals surface area contributed by atoms with E-state index in [9.17, 15) is 9.18 Å². The van der Waals surface area contributed by atoms with Crippen LogP contribution in [0.1, 0.15) is 61.3 Å². The molecule has 0 aromatic rings. The highest BCUT2D eigenvalue weighted by Crippen LogP contribution is 2.26. The molecule has 0 aliphatic rings. The van der Waals surface area contributed by atoms with Crippen LogP contribution in [0.25, 0.3) is 0 Å². The summed E-state index contributed by atoms with van der Waals surface area (Å²) in [6, 6.07) is 0. The zero-order valence-electron chi connectivity index (χ0n) is 13.6. The van der Waals surface area contributed by atoms with Crippen LogP contribution < -0.4 is 0 Å². The summed E-state index contributed by atoms with van der Waals surface area (Å²) in [7, 11) is 1.61. The molecule has 3 heteroatoms. The number of halogens is 1. The lowest BCUT2D eigenvalue weighted by Crippen LogP contribution is -2.36. The predicted octanol–water partition coefficient (Wildman–Crippen LogP) is 4.81. The van der Waals surface area contributed by atoms with Crippen LogP contribution in [0.2, 0.25) is 0 Å². The molecule has 0 radical (unpaired) electrons. The normalized spacial score (nSPS) is 9.39. The Bertz CT molecular complexity index is 223. The molecule has 0 N–H and O–H groups in total. The number of carbonyl (C=O) groups excluding carboxylic acids is 1. The van der Waals surface area contributed by atoms with Gasteiger partial charge >= 0.3 is 0 Å². The minimum atomic E-state index is -0.887. The van der Waals surface area contributed by atoms with E-state index in [2.05, 4.69) is 27.4 Å². The first-order valence-electron chi connectivity index (χ1n) is 6.96. The van der Waals surface area contributed by atoms with Gasteiger partial charge in [0.15, 0.2) is 5.83 Å². The smallest absolute Gasteiger partial charge is 0.281 e. The molecule has 2 nitrogen and oxygen atoms in total.